The van der Waals surface area contributed by atoms with E-state index in [1.807, 2.05) is 0 Å². The largest absolute Gasteiger partial charge is 0.376 e. The van der Waals surface area contributed by atoms with Gasteiger partial charge < -0.3 is 4.65 Å². The summed E-state index contributed by atoms with van der Waals surface area (Å²) in [7, 11) is -1.96. The van der Waals surface area contributed by atoms with Crippen LogP contribution in [-0.2, 0) is 0 Å². The zero-order chi connectivity index (χ0) is 11.3. The van der Waals surface area contributed by atoms with Gasteiger partial charge in [-0.25, -0.2) is 0 Å². The minimum absolute atomic E-state index is 0.981. The van der Waals surface area contributed by atoms with Crippen LogP contribution in [-0.4, -0.2) is 23.2 Å². The van der Waals surface area contributed by atoms with E-state index in [9.17, 15) is 0 Å². The number of rotatable bonds is 2. The second-order valence-corrected chi connectivity index (χ2v) is 20.4. The molecule has 13 heavy (non-hydrogen) atoms. The Labute approximate surface area is 100 Å². The topological polar surface area (TPSA) is 12.0 Å². The fraction of sp³-hybridized carbons (Fsp3) is 1.00. The molecule has 0 aliphatic rings. The van der Waals surface area contributed by atoms with Crippen molar-refractivity contribution in [2.45, 2.75) is 39.3 Å². The zero-order valence-electron chi connectivity index (χ0n) is 9.13. The third-order valence-corrected chi connectivity index (χ3v) is 6.75. The summed E-state index contributed by atoms with van der Waals surface area (Å²) in [4.78, 5) is 0. The highest BCUT2D eigenvalue weighted by atomic mass is 35.8. The molecule has 0 saturated carbocycles. The lowest BCUT2D eigenvalue weighted by atomic mass is 11.8. The van der Waals surface area contributed by atoms with Gasteiger partial charge in [-0.3, -0.25) is 0 Å². The molecule has 7 heteroatoms. The van der Waals surface area contributed by atoms with E-state index < -0.39 is 23.2 Å². The second kappa shape index (κ2) is 6.87. The van der Waals surface area contributed by atoms with Gasteiger partial charge in [0.05, 0.1) is 0 Å². The molecule has 0 aliphatic carbocycles. The lowest BCUT2D eigenvalue weighted by molar-refractivity contribution is 1.30. The first-order valence-corrected chi connectivity index (χ1v) is 15.6. The van der Waals surface area contributed by atoms with Gasteiger partial charge in [0.25, 0.3) is 0 Å². The van der Waals surface area contributed by atoms with E-state index in [1.165, 1.54) is 0 Å². The second-order valence-electron chi connectivity index (χ2n) is 4.84. The predicted molar refractivity (Wildman–Crippen MR) is 73.1 cm³/mol. The fourth-order valence-corrected chi connectivity index (χ4v) is 10.1. The van der Waals surface area contributed by atoms with Crippen LogP contribution in [0.2, 0.25) is 39.3 Å². The van der Waals surface area contributed by atoms with Crippen molar-refractivity contribution in [3.8, 4) is 0 Å². The molecule has 0 atom stereocenters. The molecule has 0 unspecified atom stereocenters. The van der Waals surface area contributed by atoms with E-state index in [0.717, 1.165) is 0 Å². The monoisotopic (exact) mass is 294 g/mol. The summed E-state index contributed by atoms with van der Waals surface area (Å²) < 4.78 is 3.74. The van der Waals surface area contributed by atoms with Crippen molar-refractivity contribution in [3.63, 3.8) is 0 Å². The summed E-state index contributed by atoms with van der Waals surface area (Å²) in [5.41, 5.74) is 0. The Bertz CT molecular complexity index is 115. The van der Waals surface area contributed by atoms with Gasteiger partial charge in [0.15, 0.2) is 0 Å². The van der Waals surface area contributed by atoms with Crippen molar-refractivity contribution in [1.29, 1.82) is 0 Å². The quantitative estimate of drug-likeness (QED) is 0.601. The van der Waals surface area contributed by atoms with E-state index in [2.05, 4.69) is 43.9 Å². The van der Waals surface area contributed by atoms with Crippen LogP contribution < -0.4 is 4.65 Å². The molecular formula is C6H19Cl3NSi3. The fourth-order valence-electron chi connectivity index (χ4n) is 1.12. The molecule has 0 rings (SSSR count). The first kappa shape index (κ1) is 16.9. The first-order chi connectivity index (χ1) is 5.44. The zero-order valence-corrected chi connectivity index (χ0v) is 14.4. The van der Waals surface area contributed by atoms with Gasteiger partial charge in [-0.1, -0.05) is 39.3 Å². The Balaban J connectivity index is 0. The maximum atomic E-state index is 4.91. The minimum Gasteiger partial charge on any atom is -0.360 e. The Morgan fingerprint density at radius 2 is 0.923 bits per heavy atom. The third-order valence-electron chi connectivity index (χ3n) is 0.750. The van der Waals surface area contributed by atoms with Crippen LogP contribution in [0, 0.1) is 0 Å². The number of nitrogens with one attached hydrogen (secondary N) is 1. The van der Waals surface area contributed by atoms with Crippen LogP contribution in [0.25, 0.3) is 0 Å². The average Bonchev–Trinajstić information content (AvgIpc) is 1.47. The molecule has 1 radical (unpaired) electrons. The molecule has 1 N–H and O–H groups in total. The van der Waals surface area contributed by atoms with E-state index in [1.54, 1.807) is 0 Å². The van der Waals surface area contributed by atoms with Crippen LogP contribution >= 0.6 is 33.2 Å². The van der Waals surface area contributed by atoms with E-state index >= 15 is 0 Å². The maximum Gasteiger partial charge on any atom is 0.376 e. The van der Waals surface area contributed by atoms with Crippen LogP contribution in [0.5, 0.6) is 0 Å². The average molecular weight is 296 g/mol. The van der Waals surface area contributed by atoms with Crippen LogP contribution in [0.3, 0.4) is 0 Å². The molecule has 0 aromatic carbocycles. The van der Waals surface area contributed by atoms with E-state index in [0.29, 0.717) is 0 Å². The van der Waals surface area contributed by atoms with Gasteiger partial charge in [-0.05, 0) is 0 Å². The summed E-state index contributed by atoms with van der Waals surface area (Å²) in [6, 6.07) is 0. The normalized spacial score (nSPS) is 12.5. The lowest BCUT2D eigenvalue weighted by Crippen LogP contribution is -2.55. The molecular weight excluding hydrogens is 277 g/mol. The van der Waals surface area contributed by atoms with E-state index in [4.69, 9.17) is 33.2 Å². The SMILES string of the molecule is C[Si](C)(C)N[Si](C)(C)C.Cl[Si](Cl)Cl. The molecule has 0 amide bonds. The number of hydrogen-bond donors (Lipinski definition) is 1. The number of halogens is 3. The molecule has 0 saturated heterocycles. The Morgan fingerprint density at radius 1 is 0.769 bits per heavy atom. The molecule has 0 heterocycles. The molecule has 0 bridgehead atoms. The van der Waals surface area contributed by atoms with Crippen LogP contribution in [0.1, 0.15) is 0 Å². The van der Waals surface area contributed by atoms with Crippen molar-refractivity contribution in [1.82, 2.24) is 4.65 Å². The molecule has 81 valence electrons. The highest BCUT2D eigenvalue weighted by Crippen LogP contribution is 2.02. The molecule has 0 aromatic rings. The van der Waals surface area contributed by atoms with Crippen LogP contribution in [0.15, 0.2) is 0 Å². The van der Waals surface area contributed by atoms with Gasteiger partial charge in [-0.2, -0.15) is 0 Å². The van der Waals surface area contributed by atoms with Crippen molar-refractivity contribution < 1.29 is 0 Å². The maximum absolute atomic E-state index is 4.91. The minimum atomic E-state index is -1.46. The van der Waals surface area contributed by atoms with Crippen molar-refractivity contribution >= 4 is 56.4 Å². The van der Waals surface area contributed by atoms with Crippen LogP contribution in [0.4, 0.5) is 0 Å². The lowest BCUT2D eigenvalue weighted by Gasteiger charge is -2.28. The predicted octanol–water partition coefficient (Wildman–Crippen LogP) is 3.93. The summed E-state index contributed by atoms with van der Waals surface area (Å²) in [5, 5.41) is 0. The molecule has 0 aliphatic heterocycles. The summed E-state index contributed by atoms with van der Waals surface area (Å²) in [5.74, 6) is 0. The Morgan fingerprint density at radius 3 is 0.923 bits per heavy atom. The summed E-state index contributed by atoms with van der Waals surface area (Å²) in [6.45, 7) is 12.7. The highest BCUT2D eigenvalue weighted by molar-refractivity contribution is 7.54. The molecule has 1 nitrogen and oxygen atoms in total. The van der Waals surface area contributed by atoms with Gasteiger partial charge in [0.2, 0.25) is 0 Å². The number of hydrogen-bond acceptors (Lipinski definition) is 1. The summed E-state index contributed by atoms with van der Waals surface area (Å²) >= 11 is 14.7. The molecule has 0 aromatic heterocycles. The third kappa shape index (κ3) is 31.8. The Kier molecular flexibility index (Phi) is 8.93. The smallest absolute Gasteiger partial charge is 0.360 e. The summed E-state index contributed by atoms with van der Waals surface area (Å²) in [6.07, 6.45) is 0. The van der Waals surface area contributed by atoms with Crippen molar-refractivity contribution in [2.75, 3.05) is 0 Å². The highest BCUT2D eigenvalue weighted by Gasteiger charge is 2.22. The Hall–Kier alpha value is 1.48. The van der Waals surface area contributed by atoms with E-state index in [-0.39, 0.29) is 0 Å². The first-order valence-electron chi connectivity index (χ1n) is 4.07. The van der Waals surface area contributed by atoms with Crippen molar-refractivity contribution in [2.24, 2.45) is 0 Å². The standard InChI is InChI=1S/C6H19NSi2.Cl3Si/c1-8(2,3)7-9(4,5)6;1-4(2)3/h7H,1-6H3;. The van der Waals surface area contributed by atoms with Gasteiger partial charge >= 0.3 is 6.73 Å². The van der Waals surface area contributed by atoms with Gasteiger partial charge in [0, 0.05) is 0 Å². The van der Waals surface area contributed by atoms with Crippen molar-refractivity contribution in [3.05, 3.63) is 0 Å². The molecule has 0 fully saturated rings. The van der Waals surface area contributed by atoms with Gasteiger partial charge in [-0.15, -0.1) is 33.2 Å². The van der Waals surface area contributed by atoms with Gasteiger partial charge in [0.1, 0.15) is 16.5 Å². The molecule has 0 spiro atoms.